The lowest BCUT2D eigenvalue weighted by atomic mass is 9.80. The summed E-state index contributed by atoms with van der Waals surface area (Å²) in [7, 11) is 0. The van der Waals surface area contributed by atoms with E-state index in [2.05, 4.69) is 28.2 Å². The molecule has 0 unspecified atom stereocenters. The number of amides is 1. The maximum atomic E-state index is 13.1. The maximum absolute atomic E-state index is 13.1. The molecular formula is C22H23N3O. The molecule has 4 heteroatoms. The number of hydrogen-bond acceptors (Lipinski definition) is 2. The molecule has 0 atom stereocenters. The molecule has 0 radical (unpaired) electrons. The number of H-pyrrole nitrogens is 1. The van der Waals surface area contributed by atoms with E-state index in [1.54, 1.807) is 0 Å². The lowest BCUT2D eigenvalue weighted by Gasteiger charge is -2.25. The minimum Gasteiger partial charge on any atom is -0.351 e. The Morgan fingerprint density at radius 2 is 2.04 bits per heavy atom. The first-order valence-electron chi connectivity index (χ1n) is 9.61. The molecule has 1 N–H and O–H groups in total. The smallest absolute Gasteiger partial charge is 0.270 e. The molecule has 1 saturated carbocycles. The van der Waals surface area contributed by atoms with Crippen LogP contribution in [0.2, 0.25) is 0 Å². The Labute approximate surface area is 153 Å². The van der Waals surface area contributed by atoms with E-state index in [0.717, 1.165) is 30.3 Å². The third-order valence-corrected chi connectivity index (χ3v) is 5.98. The topological polar surface area (TPSA) is 49.0 Å². The molecule has 0 bridgehead atoms. The number of pyridine rings is 1. The second-order valence-electron chi connectivity index (χ2n) is 7.63. The number of benzene rings is 1. The number of nitrogens with zero attached hydrogens (tertiary/aromatic N) is 2. The molecule has 3 heterocycles. The number of rotatable bonds is 2. The maximum Gasteiger partial charge on any atom is 0.270 e. The number of carbonyl (C=O) groups excluding carboxylic acids is 1. The van der Waals surface area contributed by atoms with E-state index in [0.29, 0.717) is 18.2 Å². The predicted molar refractivity (Wildman–Crippen MR) is 102 cm³/mol. The molecule has 0 saturated heterocycles. The van der Waals surface area contributed by atoms with Gasteiger partial charge in [0.2, 0.25) is 0 Å². The van der Waals surface area contributed by atoms with Gasteiger partial charge in [-0.05, 0) is 66.5 Å². The van der Waals surface area contributed by atoms with Crippen molar-refractivity contribution < 1.29 is 4.79 Å². The van der Waals surface area contributed by atoms with Crippen LogP contribution in [0.25, 0.3) is 10.9 Å². The van der Waals surface area contributed by atoms with Gasteiger partial charge in [0.05, 0.1) is 0 Å². The van der Waals surface area contributed by atoms with Gasteiger partial charge in [0.25, 0.3) is 5.91 Å². The average molecular weight is 345 g/mol. The second-order valence-corrected chi connectivity index (χ2v) is 7.63. The van der Waals surface area contributed by atoms with Crippen LogP contribution in [0.4, 0.5) is 0 Å². The fourth-order valence-electron chi connectivity index (χ4n) is 4.18. The summed E-state index contributed by atoms with van der Waals surface area (Å²) in [6.45, 7) is 1.45. The quantitative estimate of drug-likeness (QED) is 0.747. The summed E-state index contributed by atoms with van der Waals surface area (Å²) in [6.07, 6.45) is 9.65. The normalized spacial score (nSPS) is 17.6. The van der Waals surface area contributed by atoms with Gasteiger partial charge in [-0.25, -0.2) is 0 Å². The van der Waals surface area contributed by atoms with Crippen molar-refractivity contribution in [2.75, 3.05) is 6.54 Å². The number of aromatic amines is 1. The van der Waals surface area contributed by atoms with Crippen molar-refractivity contribution in [3.63, 3.8) is 0 Å². The summed E-state index contributed by atoms with van der Waals surface area (Å²) in [4.78, 5) is 22.7. The van der Waals surface area contributed by atoms with Gasteiger partial charge in [0.15, 0.2) is 0 Å². The van der Waals surface area contributed by atoms with E-state index >= 15 is 0 Å². The third kappa shape index (κ3) is 2.70. The van der Waals surface area contributed by atoms with E-state index in [1.165, 1.54) is 36.0 Å². The lowest BCUT2D eigenvalue weighted by molar-refractivity contribution is 0.0741. The summed E-state index contributed by atoms with van der Waals surface area (Å²) >= 11 is 0. The Morgan fingerprint density at radius 3 is 2.88 bits per heavy atom. The largest absolute Gasteiger partial charge is 0.351 e. The third-order valence-electron chi connectivity index (χ3n) is 5.98. The molecule has 2 aromatic heterocycles. The van der Waals surface area contributed by atoms with Crippen molar-refractivity contribution in [1.29, 1.82) is 0 Å². The molecule has 4 nitrogen and oxygen atoms in total. The number of nitrogens with one attached hydrogen (secondary N) is 1. The van der Waals surface area contributed by atoms with Crippen molar-refractivity contribution in [3.05, 3.63) is 65.1 Å². The number of aromatic nitrogens is 2. The van der Waals surface area contributed by atoms with Gasteiger partial charge >= 0.3 is 0 Å². The van der Waals surface area contributed by atoms with Gasteiger partial charge in [0.1, 0.15) is 5.69 Å². The zero-order valence-corrected chi connectivity index (χ0v) is 14.9. The molecule has 1 amide bonds. The SMILES string of the molecule is O=C(c1cc2ccc(C3CCC3)cc2[nH]1)N1CCCc2cnccc2C1. The molecule has 3 aromatic rings. The molecule has 26 heavy (non-hydrogen) atoms. The van der Waals surface area contributed by atoms with Crippen LogP contribution in [0.15, 0.2) is 42.7 Å². The molecule has 2 aliphatic rings. The van der Waals surface area contributed by atoms with Crippen LogP contribution in [0.3, 0.4) is 0 Å². The van der Waals surface area contributed by atoms with Crippen molar-refractivity contribution in [2.24, 2.45) is 0 Å². The van der Waals surface area contributed by atoms with Crippen molar-refractivity contribution in [3.8, 4) is 0 Å². The van der Waals surface area contributed by atoms with Gasteiger partial charge in [0, 0.05) is 36.4 Å². The van der Waals surface area contributed by atoms with Crippen LogP contribution >= 0.6 is 0 Å². The fourth-order valence-corrected chi connectivity index (χ4v) is 4.18. The predicted octanol–water partition coefficient (Wildman–Crippen LogP) is 4.42. The van der Waals surface area contributed by atoms with Gasteiger partial charge < -0.3 is 9.88 Å². The number of fused-ring (bicyclic) bond motifs is 2. The van der Waals surface area contributed by atoms with E-state index in [-0.39, 0.29) is 5.91 Å². The molecule has 1 aliphatic carbocycles. The average Bonchev–Trinajstić information content (AvgIpc) is 2.91. The van der Waals surface area contributed by atoms with Gasteiger partial charge in [-0.2, -0.15) is 0 Å². The van der Waals surface area contributed by atoms with Crippen LogP contribution in [0, 0.1) is 0 Å². The highest BCUT2D eigenvalue weighted by Gasteiger charge is 2.23. The zero-order valence-electron chi connectivity index (χ0n) is 14.9. The standard InChI is InChI=1S/C22H23N3O/c26-22(25-10-2-5-18-13-23-9-8-19(18)14-25)21-12-17-7-6-16(11-20(17)24-21)15-3-1-4-15/h6-9,11-13,15,24H,1-5,10,14H2. The van der Waals surface area contributed by atoms with Crippen molar-refractivity contribution in [2.45, 2.75) is 44.6 Å². The Bertz CT molecular complexity index is 970. The van der Waals surface area contributed by atoms with E-state index in [4.69, 9.17) is 0 Å². The number of aryl methyl sites for hydroxylation is 1. The van der Waals surface area contributed by atoms with Crippen LogP contribution in [0.5, 0.6) is 0 Å². The first-order chi connectivity index (χ1) is 12.8. The molecule has 0 spiro atoms. The van der Waals surface area contributed by atoms with Crippen LogP contribution in [-0.2, 0) is 13.0 Å². The molecule has 1 aromatic carbocycles. The highest BCUT2D eigenvalue weighted by molar-refractivity contribution is 5.98. The van der Waals surface area contributed by atoms with Gasteiger partial charge in [-0.3, -0.25) is 9.78 Å². The van der Waals surface area contributed by atoms with E-state index < -0.39 is 0 Å². The molecular weight excluding hydrogens is 322 g/mol. The summed E-state index contributed by atoms with van der Waals surface area (Å²) in [5, 5.41) is 1.12. The van der Waals surface area contributed by atoms with Crippen LogP contribution in [0.1, 0.15) is 58.8 Å². The van der Waals surface area contributed by atoms with Crippen LogP contribution in [-0.4, -0.2) is 27.3 Å². The van der Waals surface area contributed by atoms with Crippen molar-refractivity contribution in [1.82, 2.24) is 14.9 Å². The van der Waals surface area contributed by atoms with E-state index in [9.17, 15) is 4.79 Å². The highest BCUT2D eigenvalue weighted by Crippen LogP contribution is 2.37. The zero-order chi connectivity index (χ0) is 17.5. The molecule has 5 rings (SSSR count). The van der Waals surface area contributed by atoms with Gasteiger partial charge in [-0.15, -0.1) is 0 Å². The lowest BCUT2D eigenvalue weighted by Crippen LogP contribution is -2.30. The second kappa shape index (κ2) is 6.27. The molecule has 1 aliphatic heterocycles. The summed E-state index contributed by atoms with van der Waals surface area (Å²) < 4.78 is 0. The first-order valence-corrected chi connectivity index (χ1v) is 9.61. The number of hydrogen-bond donors (Lipinski definition) is 1. The first kappa shape index (κ1) is 15.6. The summed E-state index contributed by atoms with van der Waals surface area (Å²) in [6, 6.07) is 10.7. The Kier molecular flexibility index (Phi) is 3.77. The van der Waals surface area contributed by atoms with E-state index in [1.807, 2.05) is 29.4 Å². The molecule has 132 valence electrons. The highest BCUT2D eigenvalue weighted by atomic mass is 16.2. The summed E-state index contributed by atoms with van der Waals surface area (Å²) in [5.74, 6) is 0.800. The molecule has 1 fully saturated rings. The monoisotopic (exact) mass is 345 g/mol. The Morgan fingerprint density at radius 1 is 1.12 bits per heavy atom. The fraction of sp³-hybridized carbons (Fsp3) is 0.364. The summed E-state index contributed by atoms with van der Waals surface area (Å²) in [5.41, 5.74) is 5.67. The Hall–Kier alpha value is -2.62. The van der Waals surface area contributed by atoms with Crippen molar-refractivity contribution >= 4 is 16.8 Å². The Balaban J connectivity index is 1.42. The minimum absolute atomic E-state index is 0.0936. The number of carbonyl (C=O) groups is 1. The van der Waals surface area contributed by atoms with Gasteiger partial charge in [-0.1, -0.05) is 18.6 Å². The van der Waals surface area contributed by atoms with Crippen LogP contribution < -0.4 is 0 Å². The minimum atomic E-state index is 0.0936.